The first-order valence-electron chi connectivity index (χ1n) is 5.48. The number of esters is 1. The number of aryl methyl sites for hydroxylation is 1. The molecule has 1 rings (SSSR count). The molecule has 1 amide bonds. The fourth-order valence-corrected chi connectivity index (χ4v) is 2.20. The molecule has 0 bridgehead atoms. The van der Waals surface area contributed by atoms with E-state index in [1.807, 2.05) is 13.8 Å². The molecular formula is C11H17N3O3S. The number of rotatable bonds is 4. The van der Waals surface area contributed by atoms with Gasteiger partial charge >= 0.3 is 5.97 Å². The summed E-state index contributed by atoms with van der Waals surface area (Å²) in [4.78, 5) is 27.9. The zero-order chi connectivity index (χ0) is 13.9. The first kappa shape index (κ1) is 14.4. The zero-order valence-electron chi connectivity index (χ0n) is 10.8. The molecule has 18 heavy (non-hydrogen) atoms. The van der Waals surface area contributed by atoms with E-state index in [0.29, 0.717) is 15.7 Å². The van der Waals surface area contributed by atoms with Crippen molar-refractivity contribution in [3.05, 3.63) is 10.6 Å². The minimum Gasteiger partial charge on any atom is -0.467 e. The molecule has 0 radical (unpaired) electrons. The lowest BCUT2D eigenvalue weighted by molar-refractivity contribution is -0.144. The van der Waals surface area contributed by atoms with Gasteiger partial charge in [0.1, 0.15) is 10.9 Å². The molecule has 0 aliphatic heterocycles. The Bertz CT molecular complexity index is 456. The van der Waals surface area contributed by atoms with Gasteiger partial charge in [-0.25, -0.2) is 9.78 Å². The number of nitrogen functional groups attached to an aromatic ring is 1. The Labute approximate surface area is 110 Å². The Morgan fingerprint density at radius 1 is 1.44 bits per heavy atom. The Morgan fingerprint density at radius 2 is 2.06 bits per heavy atom. The summed E-state index contributed by atoms with van der Waals surface area (Å²) in [6, 6.07) is -0.676. The average molecular weight is 271 g/mol. The number of carbonyl (C=O) groups excluding carboxylic acids is 2. The topological polar surface area (TPSA) is 94.3 Å². The predicted molar refractivity (Wildman–Crippen MR) is 69.4 cm³/mol. The van der Waals surface area contributed by atoms with Crippen LogP contribution in [0.2, 0.25) is 0 Å². The number of thiazole rings is 1. The molecule has 0 fully saturated rings. The number of hydrogen-bond donors (Lipinski definition) is 2. The number of carbonyl (C=O) groups is 2. The molecule has 0 aromatic carbocycles. The number of anilines is 1. The van der Waals surface area contributed by atoms with Crippen LogP contribution in [0.4, 0.5) is 5.13 Å². The highest BCUT2D eigenvalue weighted by molar-refractivity contribution is 7.17. The fourth-order valence-electron chi connectivity index (χ4n) is 1.46. The van der Waals surface area contributed by atoms with Crippen molar-refractivity contribution in [3.8, 4) is 0 Å². The summed E-state index contributed by atoms with van der Waals surface area (Å²) in [6.07, 6.45) is 0. The van der Waals surface area contributed by atoms with Crippen LogP contribution in [0.3, 0.4) is 0 Å². The first-order chi connectivity index (χ1) is 8.36. The van der Waals surface area contributed by atoms with Crippen LogP contribution in [0.25, 0.3) is 0 Å². The maximum absolute atomic E-state index is 12.0. The molecule has 1 atom stereocenters. The van der Waals surface area contributed by atoms with E-state index in [1.165, 1.54) is 7.11 Å². The van der Waals surface area contributed by atoms with Crippen molar-refractivity contribution in [3.63, 3.8) is 0 Å². The number of ether oxygens (including phenoxy) is 1. The molecular weight excluding hydrogens is 254 g/mol. The van der Waals surface area contributed by atoms with Crippen molar-refractivity contribution >= 4 is 28.3 Å². The molecule has 100 valence electrons. The second kappa shape index (κ2) is 5.81. The molecule has 7 heteroatoms. The molecule has 0 saturated carbocycles. The van der Waals surface area contributed by atoms with Crippen LogP contribution in [0.15, 0.2) is 0 Å². The lowest BCUT2D eigenvalue weighted by atomic mass is 10.0. The third kappa shape index (κ3) is 3.19. The lowest BCUT2D eigenvalue weighted by Gasteiger charge is -2.19. The summed E-state index contributed by atoms with van der Waals surface area (Å²) in [7, 11) is 1.29. The van der Waals surface area contributed by atoms with Crippen LogP contribution in [0.5, 0.6) is 0 Å². The van der Waals surface area contributed by atoms with Gasteiger partial charge in [0.2, 0.25) is 0 Å². The van der Waals surface area contributed by atoms with E-state index in [4.69, 9.17) is 5.73 Å². The van der Waals surface area contributed by atoms with Crippen molar-refractivity contribution in [2.45, 2.75) is 26.8 Å². The smallest absolute Gasteiger partial charge is 0.328 e. The molecule has 3 N–H and O–H groups in total. The van der Waals surface area contributed by atoms with E-state index >= 15 is 0 Å². The number of amides is 1. The molecule has 1 aromatic heterocycles. The minimum atomic E-state index is -0.676. The molecule has 0 saturated heterocycles. The van der Waals surface area contributed by atoms with Gasteiger partial charge in [0.05, 0.1) is 12.8 Å². The van der Waals surface area contributed by atoms with E-state index in [2.05, 4.69) is 15.0 Å². The van der Waals surface area contributed by atoms with Gasteiger partial charge in [0, 0.05) is 0 Å². The highest BCUT2D eigenvalue weighted by Gasteiger charge is 2.26. The monoisotopic (exact) mass is 271 g/mol. The van der Waals surface area contributed by atoms with Crippen molar-refractivity contribution in [1.29, 1.82) is 0 Å². The Kier molecular flexibility index (Phi) is 4.66. The maximum Gasteiger partial charge on any atom is 0.328 e. The lowest BCUT2D eigenvalue weighted by Crippen LogP contribution is -2.44. The standard InChI is InChI=1S/C11H17N3O3S/c1-5(2)7(10(16)17-4)14-9(15)8-6(3)13-11(12)18-8/h5,7H,1-4H3,(H2,12,13)(H,14,15). The normalized spacial score (nSPS) is 12.3. The number of nitrogens with two attached hydrogens (primary N) is 1. The van der Waals surface area contributed by atoms with E-state index in [1.54, 1.807) is 6.92 Å². The second-order valence-corrected chi connectivity index (χ2v) is 5.22. The summed E-state index contributed by atoms with van der Waals surface area (Å²) in [5.41, 5.74) is 6.09. The van der Waals surface area contributed by atoms with Crippen LogP contribution in [0, 0.1) is 12.8 Å². The van der Waals surface area contributed by atoms with Crippen molar-refractivity contribution < 1.29 is 14.3 Å². The number of nitrogens with one attached hydrogen (secondary N) is 1. The summed E-state index contributed by atoms with van der Waals surface area (Å²) < 4.78 is 4.66. The number of aromatic nitrogens is 1. The fraction of sp³-hybridized carbons (Fsp3) is 0.545. The number of hydrogen-bond acceptors (Lipinski definition) is 6. The maximum atomic E-state index is 12.0. The van der Waals surface area contributed by atoms with E-state index < -0.39 is 12.0 Å². The van der Waals surface area contributed by atoms with Gasteiger partial charge in [-0.05, 0) is 12.8 Å². The van der Waals surface area contributed by atoms with E-state index in [0.717, 1.165) is 11.3 Å². The van der Waals surface area contributed by atoms with Crippen LogP contribution in [0.1, 0.15) is 29.2 Å². The molecule has 0 spiro atoms. The van der Waals surface area contributed by atoms with Crippen LogP contribution in [-0.2, 0) is 9.53 Å². The summed E-state index contributed by atoms with van der Waals surface area (Å²) in [5.74, 6) is -0.883. The number of methoxy groups -OCH3 is 1. The molecule has 0 aliphatic carbocycles. The summed E-state index contributed by atoms with van der Waals surface area (Å²) in [5, 5.41) is 2.97. The molecule has 1 aromatic rings. The van der Waals surface area contributed by atoms with Gasteiger partial charge in [0.15, 0.2) is 5.13 Å². The predicted octanol–water partition coefficient (Wildman–Crippen LogP) is 0.961. The van der Waals surface area contributed by atoms with Crippen molar-refractivity contribution in [1.82, 2.24) is 10.3 Å². The molecule has 6 nitrogen and oxygen atoms in total. The third-order valence-electron chi connectivity index (χ3n) is 2.43. The Balaban J connectivity index is 2.85. The summed E-state index contributed by atoms with van der Waals surface area (Å²) in [6.45, 7) is 5.36. The van der Waals surface area contributed by atoms with Gasteiger partial charge in [0.25, 0.3) is 5.91 Å². The van der Waals surface area contributed by atoms with Crippen LogP contribution >= 0.6 is 11.3 Å². The van der Waals surface area contributed by atoms with Crippen molar-refractivity contribution in [2.75, 3.05) is 12.8 Å². The first-order valence-corrected chi connectivity index (χ1v) is 6.30. The van der Waals surface area contributed by atoms with Gasteiger partial charge < -0.3 is 15.8 Å². The van der Waals surface area contributed by atoms with Crippen molar-refractivity contribution in [2.24, 2.45) is 5.92 Å². The van der Waals surface area contributed by atoms with Crippen LogP contribution < -0.4 is 11.1 Å². The van der Waals surface area contributed by atoms with Gasteiger partial charge in [-0.1, -0.05) is 25.2 Å². The Hall–Kier alpha value is -1.63. The minimum absolute atomic E-state index is 0.0630. The van der Waals surface area contributed by atoms with Gasteiger partial charge in [-0.15, -0.1) is 0 Å². The largest absolute Gasteiger partial charge is 0.467 e. The van der Waals surface area contributed by atoms with E-state index in [-0.39, 0.29) is 11.8 Å². The third-order valence-corrected chi connectivity index (χ3v) is 3.41. The van der Waals surface area contributed by atoms with Gasteiger partial charge in [-0.3, -0.25) is 4.79 Å². The SMILES string of the molecule is COC(=O)C(NC(=O)c1sc(N)nc1C)C(C)C. The second-order valence-electron chi connectivity index (χ2n) is 4.18. The highest BCUT2D eigenvalue weighted by atomic mass is 32.1. The highest BCUT2D eigenvalue weighted by Crippen LogP contribution is 2.20. The quantitative estimate of drug-likeness (QED) is 0.795. The zero-order valence-corrected chi connectivity index (χ0v) is 11.6. The molecule has 1 heterocycles. The molecule has 0 aliphatic rings. The van der Waals surface area contributed by atoms with E-state index in [9.17, 15) is 9.59 Å². The average Bonchev–Trinajstić information content (AvgIpc) is 2.63. The van der Waals surface area contributed by atoms with Gasteiger partial charge in [-0.2, -0.15) is 0 Å². The molecule has 1 unspecified atom stereocenters. The Morgan fingerprint density at radius 3 is 2.44 bits per heavy atom. The summed E-state index contributed by atoms with van der Waals surface area (Å²) >= 11 is 1.10. The number of nitrogens with zero attached hydrogens (tertiary/aromatic N) is 1. The van der Waals surface area contributed by atoms with Crippen LogP contribution in [-0.4, -0.2) is 30.0 Å².